The lowest BCUT2D eigenvalue weighted by Gasteiger charge is -2.13. The molecule has 2 aromatic rings. The first-order chi connectivity index (χ1) is 10.2. The Morgan fingerprint density at radius 2 is 2.19 bits per heavy atom. The van der Waals surface area contributed by atoms with Crippen LogP contribution in [0.2, 0.25) is 0 Å². The van der Waals surface area contributed by atoms with E-state index in [1.54, 1.807) is 11.3 Å². The summed E-state index contributed by atoms with van der Waals surface area (Å²) >= 11 is 1.75. The van der Waals surface area contributed by atoms with Gasteiger partial charge in [-0.2, -0.15) is 0 Å². The molecule has 1 unspecified atom stereocenters. The molecular weight excluding hydrogens is 284 g/mol. The van der Waals surface area contributed by atoms with Crippen molar-refractivity contribution in [2.45, 2.75) is 39.3 Å². The highest BCUT2D eigenvalue weighted by atomic mass is 32.1. The zero-order chi connectivity index (χ0) is 14.7. The normalized spacial score (nSPS) is 14.4. The predicted octanol–water partition coefficient (Wildman–Crippen LogP) is 3.29. The third kappa shape index (κ3) is 3.74. The van der Waals surface area contributed by atoms with Gasteiger partial charge in [0.2, 0.25) is 6.79 Å². The summed E-state index contributed by atoms with van der Waals surface area (Å²) in [6, 6.07) is 6.67. The molecule has 21 heavy (non-hydrogen) atoms. The van der Waals surface area contributed by atoms with Crippen LogP contribution in [-0.2, 0) is 13.0 Å². The Morgan fingerprint density at radius 1 is 1.33 bits per heavy atom. The summed E-state index contributed by atoms with van der Waals surface area (Å²) in [5.41, 5.74) is 1.29. The van der Waals surface area contributed by atoms with Gasteiger partial charge in [-0.1, -0.05) is 6.07 Å². The molecule has 3 rings (SSSR count). The van der Waals surface area contributed by atoms with Gasteiger partial charge < -0.3 is 14.8 Å². The van der Waals surface area contributed by atoms with Crippen molar-refractivity contribution in [3.63, 3.8) is 0 Å². The molecule has 1 N–H and O–H groups in total. The van der Waals surface area contributed by atoms with Crippen LogP contribution in [0.25, 0.3) is 0 Å². The number of benzene rings is 1. The molecule has 1 aliphatic heterocycles. The maximum absolute atomic E-state index is 5.41. The Labute approximate surface area is 129 Å². The summed E-state index contributed by atoms with van der Waals surface area (Å²) in [5.74, 6) is 1.72. The fraction of sp³-hybridized carbons (Fsp3) is 0.438. The molecule has 4 nitrogen and oxygen atoms in total. The minimum atomic E-state index is 0.338. The van der Waals surface area contributed by atoms with Crippen LogP contribution in [-0.4, -0.2) is 17.8 Å². The first-order valence-electron chi connectivity index (χ1n) is 7.24. The SMILES string of the molecule is Cc1ncc(CNC(C)CCc2ccc3c(c2)OCO3)s1. The Kier molecular flexibility index (Phi) is 4.41. The molecule has 0 saturated heterocycles. The van der Waals surface area contributed by atoms with E-state index >= 15 is 0 Å². The Bertz CT molecular complexity index is 612. The van der Waals surface area contributed by atoms with Crippen molar-refractivity contribution in [1.29, 1.82) is 0 Å². The molecule has 1 atom stereocenters. The number of hydrogen-bond acceptors (Lipinski definition) is 5. The van der Waals surface area contributed by atoms with Crippen molar-refractivity contribution in [1.82, 2.24) is 10.3 Å². The van der Waals surface area contributed by atoms with Crippen molar-refractivity contribution >= 4 is 11.3 Å². The summed E-state index contributed by atoms with van der Waals surface area (Å²) in [4.78, 5) is 5.57. The summed E-state index contributed by atoms with van der Waals surface area (Å²) in [5, 5.41) is 4.67. The topological polar surface area (TPSA) is 43.4 Å². The minimum absolute atomic E-state index is 0.338. The standard InChI is InChI=1S/C16H20N2O2S/c1-11(17-8-14-9-18-12(2)21-14)3-4-13-5-6-15-16(7-13)20-10-19-15/h5-7,9,11,17H,3-4,8,10H2,1-2H3. The number of ether oxygens (including phenoxy) is 2. The summed E-state index contributed by atoms with van der Waals surface area (Å²) in [7, 11) is 0. The molecule has 1 aliphatic rings. The Balaban J connectivity index is 1.46. The fourth-order valence-electron chi connectivity index (χ4n) is 2.34. The molecule has 112 valence electrons. The van der Waals surface area contributed by atoms with E-state index in [1.807, 2.05) is 19.2 Å². The lowest BCUT2D eigenvalue weighted by Crippen LogP contribution is -2.25. The maximum Gasteiger partial charge on any atom is 0.231 e. The van der Waals surface area contributed by atoms with E-state index < -0.39 is 0 Å². The highest BCUT2D eigenvalue weighted by Gasteiger charge is 2.13. The number of thiazole rings is 1. The van der Waals surface area contributed by atoms with E-state index in [9.17, 15) is 0 Å². The molecule has 0 saturated carbocycles. The second-order valence-corrected chi connectivity index (χ2v) is 6.67. The van der Waals surface area contributed by atoms with Gasteiger partial charge in [0.15, 0.2) is 11.5 Å². The molecule has 1 aromatic heterocycles. The highest BCUT2D eigenvalue weighted by Crippen LogP contribution is 2.32. The maximum atomic E-state index is 5.41. The van der Waals surface area contributed by atoms with Gasteiger partial charge in [0.05, 0.1) is 5.01 Å². The Morgan fingerprint density at radius 3 is 3.00 bits per heavy atom. The number of nitrogens with zero attached hydrogens (tertiary/aromatic N) is 1. The number of rotatable bonds is 6. The first kappa shape index (κ1) is 14.4. The van der Waals surface area contributed by atoms with Crippen LogP contribution < -0.4 is 14.8 Å². The van der Waals surface area contributed by atoms with Gasteiger partial charge in [0.25, 0.3) is 0 Å². The molecule has 0 fully saturated rings. The minimum Gasteiger partial charge on any atom is -0.454 e. The van der Waals surface area contributed by atoms with Gasteiger partial charge in [-0.25, -0.2) is 4.98 Å². The molecule has 0 bridgehead atoms. The van der Waals surface area contributed by atoms with E-state index in [0.29, 0.717) is 12.8 Å². The lowest BCUT2D eigenvalue weighted by molar-refractivity contribution is 0.174. The van der Waals surface area contributed by atoms with E-state index in [2.05, 4.69) is 29.4 Å². The number of aryl methyl sites for hydroxylation is 2. The summed E-state index contributed by atoms with van der Waals surface area (Å²) in [6.45, 7) is 5.50. The lowest BCUT2D eigenvalue weighted by atomic mass is 10.1. The molecule has 2 heterocycles. The van der Waals surface area contributed by atoms with Crippen molar-refractivity contribution in [3.8, 4) is 11.5 Å². The van der Waals surface area contributed by atoms with Gasteiger partial charge >= 0.3 is 0 Å². The summed E-state index contributed by atoms with van der Waals surface area (Å²) < 4.78 is 10.7. The van der Waals surface area contributed by atoms with Gasteiger partial charge in [0, 0.05) is 23.7 Å². The van der Waals surface area contributed by atoms with Gasteiger partial charge in [-0.3, -0.25) is 0 Å². The van der Waals surface area contributed by atoms with Gasteiger partial charge in [-0.05, 0) is 44.4 Å². The smallest absolute Gasteiger partial charge is 0.231 e. The van der Waals surface area contributed by atoms with E-state index in [1.165, 1.54) is 10.4 Å². The fourth-order valence-corrected chi connectivity index (χ4v) is 3.09. The van der Waals surface area contributed by atoms with Crippen LogP contribution in [0.3, 0.4) is 0 Å². The quantitative estimate of drug-likeness (QED) is 0.889. The predicted molar refractivity (Wildman–Crippen MR) is 84.0 cm³/mol. The number of nitrogens with one attached hydrogen (secondary N) is 1. The van der Waals surface area contributed by atoms with Crippen molar-refractivity contribution in [3.05, 3.63) is 39.8 Å². The third-order valence-electron chi connectivity index (χ3n) is 3.60. The van der Waals surface area contributed by atoms with Crippen LogP contribution in [0.4, 0.5) is 0 Å². The molecule has 5 heteroatoms. The highest BCUT2D eigenvalue weighted by molar-refractivity contribution is 7.11. The monoisotopic (exact) mass is 304 g/mol. The third-order valence-corrected chi connectivity index (χ3v) is 4.51. The second kappa shape index (κ2) is 6.45. The Hall–Kier alpha value is -1.59. The van der Waals surface area contributed by atoms with Crippen LogP contribution in [0.5, 0.6) is 11.5 Å². The molecular formula is C16H20N2O2S. The number of hydrogen-bond donors (Lipinski definition) is 1. The van der Waals surface area contributed by atoms with Crippen LogP contribution in [0.1, 0.15) is 28.8 Å². The van der Waals surface area contributed by atoms with Gasteiger partial charge in [0.1, 0.15) is 0 Å². The van der Waals surface area contributed by atoms with Crippen LogP contribution >= 0.6 is 11.3 Å². The van der Waals surface area contributed by atoms with E-state index in [0.717, 1.165) is 35.9 Å². The van der Waals surface area contributed by atoms with Crippen LogP contribution in [0, 0.1) is 6.92 Å². The number of fused-ring (bicyclic) bond motifs is 1. The second-order valence-electron chi connectivity index (χ2n) is 5.35. The van der Waals surface area contributed by atoms with Crippen molar-refractivity contribution in [2.75, 3.05) is 6.79 Å². The zero-order valence-electron chi connectivity index (χ0n) is 12.4. The van der Waals surface area contributed by atoms with Crippen molar-refractivity contribution < 1.29 is 9.47 Å². The summed E-state index contributed by atoms with van der Waals surface area (Å²) in [6.07, 6.45) is 4.08. The van der Waals surface area contributed by atoms with Crippen molar-refractivity contribution in [2.24, 2.45) is 0 Å². The molecule has 1 aromatic carbocycles. The zero-order valence-corrected chi connectivity index (χ0v) is 13.2. The number of aromatic nitrogens is 1. The molecule has 0 amide bonds. The van der Waals surface area contributed by atoms with Gasteiger partial charge in [-0.15, -0.1) is 11.3 Å². The first-order valence-corrected chi connectivity index (χ1v) is 8.05. The van der Waals surface area contributed by atoms with Crippen LogP contribution in [0.15, 0.2) is 24.4 Å². The largest absolute Gasteiger partial charge is 0.454 e. The van der Waals surface area contributed by atoms with E-state index in [4.69, 9.17) is 9.47 Å². The molecule has 0 radical (unpaired) electrons. The van der Waals surface area contributed by atoms with E-state index in [-0.39, 0.29) is 0 Å². The average Bonchev–Trinajstić information content (AvgIpc) is 3.10. The average molecular weight is 304 g/mol. The molecule has 0 aliphatic carbocycles. The molecule has 0 spiro atoms.